The van der Waals surface area contributed by atoms with E-state index in [2.05, 4.69) is 81.5 Å². The first-order chi connectivity index (χ1) is 32.0. The average molecular weight is 899 g/mol. The van der Waals surface area contributed by atoms with E-state index >= 15 is 0 Å². The van der Waals surface area contributed by atoms with Crippen LogP contribution in [0.4, 0.5) is 0 Å². The molecule has 1 unspecified atom stereocenters. The van der Waals surface area contributed by atoms with Gasteiger partial charge in [-0.3, -0.25) is 14.4 Å². The van der Waals surface area contributed by atoms with E-state index in [1.54, 1.807) is 0 Å². The van der Waals surface area contributed by atoms with Crippen molar-refractivity contribution < 1.29 is 28.6 Å². The molecule has 0 fully saturated rings. The lowest BCUT2D eigenvalue weighted by Crippen LogP contribution is -2.30. The molecule has 0 aromatic heterocycles. The van der Waals surface area contributed by atoms with Crippen LogP contribution in [-0.2, 0) is 28.6 Å². The van der Waals surface area contributed by atoms with E-state index < -0.39 is 6.10 Å². The maximum absolute atomic E-state index is 12.8. The number of unbranched alkanes of at least 4 members (excludes halogenated alkanes) is 21. The standard InChI is InChI=1S/C59H94O6/c1-4-7-10-13-16-19-22-25-28-29-32-34-37-40-43-46-49-52-58(61)64-55-56(65-59(62)53-50-47-44-41-38-35-31-27-24-21-18-15-12-9-6-3)54-63-57(60)51-48-45-42-39-36-33-30-26-23-20-17-14-11-8-5-2/h7,9-10,12-13,15-16,18-25,28-29,32,34,37,56H,4-6,8,11,14,17,26-27,30-31,33,35-36,38-55H2,1-3H3/b10-7-,12-9-,16-13-,18-15-,22-19-,23-20-,24-21-,28-25-,32-29+,37-34-. The second kappa shape index (κ2) is 52.4. The minimum absolute atomic E-state index is 0.103. The van der Waals surface area contributed by atoms with Gasteiger partial charge in [0, 0.05) is 19.3 Å². The molecule has 0 rings (SSSR count). The van der Waals surface area contributed by atoms with E-state index in [0.717, 1.165) is 89.9 Å². The van der Waals surface area contributed by atoms with Gasteiger partial charge in [-0.05, 0) is 83.5 Å². The highest BCUT2D eigenvalue weighted by molar-refractivity contribution is 5.71. The summed E-state index contributed by atoms with van der Waals surface area (Å²) in [5.41, 5.74) is 0. The summed E-state index contributed by atoms with van der Waals surface area (Å²) in [5.74, 6) is -0.971. The summed E-state index contributed by atoms with van der Waals surface area (Å²) < 4.78 is 16.8. The molecule has 0 N–H and O–H groups in total. The molecule has 0 aliphatic rings. The summed E-state index contributed by atoms with van der Waals surface area (Å²) in [5, 5.41) is 0. The molecular formula is C59H94O6. The number of carbonyl (C=O) groups is 3. The van der Waals surface area contributed by atoms with Crippen molar-refractivity contribution in [3.05, 3.63) is 122 Å². The Morgan fingerprint density at radius 3 is 1.00 bits per heavy atom. The molecule has 0 aromatic carbocycles. The molecule has 0 aliphatic heterocycles. The first-order valence-corrected chi connectivity index (χ1v) is 26.2. The van der Waals surface area contributed by atoms with Crippen LogP contribution in [0.5, 0.6) is 0 Å². The Hall–Kier alpha value is -4.19. The smallest absolute Gasteiger partial charge is 0.306 e. The lowest BCUT2D eigenvalue weighted by molar-refractivity contribution is -0.167. The van der Waals surface area contributed by atoms with Crippen LogP contribution < -0.4 is 0 Å². The van der Waals surface area contributed by atoms with Gasteiger partial charge in [0.05, 0.1) is 0 Å². The van der Waals surface area contributed by atoms with Crippen LogP contribution in [-0.4, -0.2) is 37.2 Å². The third-order valence-electron chi connectivity index (χ3n) is 10.7. The molecule has 0 heterocycles. The quantitative estimate of drug-likeness (QED) is 0.0199. The molecule has 366 valence electrons. The van der Waals surface area contributed by atoms with E-state index in [1.165, 1.54) is 83.5 Å². The Labute approximate surface area is 399 Å². The number of esters is 3. The molecule has 0 saturated carbocycles. The fraction of sp³-hybridized carbons (Fsp3) is 0.610. The Balaban J connectivity index is 4.52. The SMILES string of the molecule is CC\C=C/C=C\C=C/C=C\C=C\C=C/CCCCCC(=O)OCC(COC(=O)CCCCCCCCC/C=C\CCCCCC)OC(=O)CCCCCCCCC\C=C/C=C\C=C/CC. The van der Waals surface area contributed by atoms with Gasteiger partial charge in [0.25, 0.3) is 0 Å². The van der Waals surface area contributed by atoms with E-state index in [0.29, 0.717) is 19.3 Å². The summed E-state index contributed by atoms with van der Waals surface area (Å²) in [6.45, 7) is 6.29. The molecule has 0 aromatic rings. The number of rotatable bonds is 45. The number of ether oxygens (including phenoxy) is 3. The molecule has 0 spiro atoms. The van der Waals surface area contributed by atoms with Crippen LogP contribution in [0.1, 0.15) is 213 Å². The predicted molar refractivity (Wildman–Crippen MR) is 279 cm³/mol. The normalized spacial score (nSPS) is 13.1. The van der Waals surface area contributed by atoms with Gasteiger partial charge in [0.15, 0.2) is 6.10 Å². The van der Waals surface area contributed by atoms with Crippen molar-refractivity contribution in [1.82, 2.24) is 0 Å². The summed E-state index contributed by atoms with van der Waals surface area (Å²) in [7, 11) is 0. The van der Waals surface area contributed by atoms with Crippen LogP contribution >= 0.6 is 0 Å². The maximum atomic E-state index is 12.8. The molecule has 6 heteroatoms. The second-order valence-corrected chi connectivity index (χ2v) is 16.9. The predicted octanol–water partition coefficient (Wildman–Crippen LogP) is 17.3. The Morgan fingerprint density at radius 2 is 0.615 bits per heavy atom. The molecule has 0 saturated heterocycles. The van der Waals surface area contributed by atoms with Crippen molar-refractivity contribution in [3.63, 3.8) is 0 Å². The van der Waals surface area contributed by atoms with Gasteiger partial charge in [-0.1, -0.05) is 232 Å². The van der Waals surface area contributed by atoms with Crippen molar-refractivity contribution in [2.75, 3.05) is 13.2 Å². The molecule has 0 amide bonds. The Kier molecular flexibility index (Phi) is 49.1. The van der Waals surface area contributed by atoms with Gasteiger partial charge < -0.3 is 14.2 Å². The zero-order chi connectivity index (χ0) is 47.2. The van der Waals surface area contributed by atoms with Crippen molar-refractivity contribution in [2.24, 2.45) is 0 Å². The van der Waals surface area contributed by atoms with E-state index in [9.17, 15) is 14.4 Å². The minimum atomic E-state index is -0.808. The van der Waals surface area contributed by atoms with Crippen molar-refractivity contribution in [2.45, 2.75) is 219 Å². The average Bonchev–Trinajstić information content (AvgIpc) is 3.30. The Morgan fingerprint density at radius 1 is 0.323 bits per heavy atom. The van der Waals surface area contributed by atoms with Gasteiger partial charge in [0.1, 0.15) is 13.2 Å². The van der Waals surface area contributed by atoms with Crippen molar-refractivity contribution in [3.8, 4) is 0 Å². The minimum Gasteiger partial charge on any atom is -0.462 e. The van der Waals surface area contributed by atoms with E-state index in [1.807, 2.05) is 60.8 Å². The van der Waals surface area contributed by atoms with Crippen LogP contribution in [0.25, 0.3) is 0 Å². The number of allylic oxidation sites excluding steroid dienone is 20. The maximum Gasteiger partial charge on any atom is 0.306 e. The third kappa shape index (κ3) is 50.7. The van der Waals surface area contributed by atoms with Gasteiger partial charge in [-0.2, -0.15) is 0 Å². The van der Waals surface area contributed by atoms with Crippen molar-refractivity contribution in [1.29, 1.82) is 0 Å². The molecule has 0 radical (unpaired) electrons. The lowest BCUT2D eigenvalue weighted by atomic mass is 10.1. The molecule has 0 aliphatic carbocycles. The van der Waals surface area contributed by atoms with Gasteiger partial charge in [-0.25, -0.2) is 0 Å². The Bertz CT molecular complexity index is 1400. The third-order valence-corrected chi connectivity index (χ3v) is 10.7. The highest BCUT2D eigenvalue weighted by Gasteiger charge is 2.19. The first kappa shape index (κ1) is 60.8. The fourth-order valence-electron chi connectivity index (χ4n) is 6.76. The molecule has 6 nitrogen and oxygen atoms in total. The summed E-state index contributed by atoms with van der Waals surface area (Å²) >= 11 is 0. The van der Waals surface area contributed by atoms with Crippen LogP contribution in [0.2, 0.25) is 0 Å². The number of carbonyl (C=O) groups excluding carboxylic acids is 3. The second-order valence-electron chi connectivity index (χ2n) is 16.9. The van der Waals surface area contributed by atoms with Gasteiger partial charge in [0.2, 0.25) is 0 Å². The largest absolute Gasteiger partial charge is 0.462 e. The van der Waals surface area contributed by atoms with Gasteiger partial charge in [-0.15, -0.1) is 0 Å². The monoisotopic (exact) mass is 899 g/mol. The topological polar surface area (TPSA) is 78.9 Å². The summed E-state index contributed by atoms with van der Waals surface area (Å²) in [6, 6.07) is 0. The highest BCUT2D eigenvalue weighted by Crippen LogP contribution is 2.14. The molecule has 65 heavy (non-hydrogen) atoms. The van der Waals surface area contributed by atoms with E-state index in [-0.39, 0.29) is 31.1 Å². The van der Waals surface area contributed by atoms with E-state index in [4.69, 9.17) is 14.2 Å². The summed E-state index contributed by atoms with van der Waals surface area (Å²) in [4.78, 5) is 38.0. The van der Waals surface area contributed by atoms with Crippen LogP contribution in [0.3, 0.4) is 0 Å². The highest BCUT2D eigenvalue weighted by atomic mass is 16.6. The van der Waals surface area contributed by atoms with Gasteiger partial charge >= 0.3 is 17.9 Å². The molecule has 0 bridgehead atoms. The number of hydrogen-bond donors (Lipinski definition) is 0. The lowest BCUT2D eigenvalue weighted by Gasteiger charge is -2.18. The van der Waals surface area contributed by atoms with Crippen LogP contribution in [0.15, 0.2) is 122 Å². The molecular weight excluding hydrogens is 805 g/mol. The fourth-order valence-corrected chi connectivity index (χ4v) is 6.76. The zero-order valence-corrected chi connectivity index (χ0v) is 41.7. The van der Waals surface area contributed by atoms with Crippen molar-refractivity contribution >= 4 is 17.9 Å². The molecule has 1 atom stereocenters. The number of hydrogen-bond acceptors (Lipinski definition) is 6. The summed E-state index contributed by atoms with van der Waals surface area (Å²) in [6.07, 6.45) is 71.7. The zero-order valence-electron chi connectivity index (χ0n) is 41.7. The van der Waals surface area contributed by atoms with Crippen LogP contribution in [0, 0.1) is 0 Å². The first-order valence-electron chi connectivity index (χ1n) is 26.2.